The van der Waals surface area contributed by atoms with Crippen LogP contribution in [0.25, 0.3) is 0 Å². The van der Waals surface area contributed by atoms with Crippen LogP contribution in [0, 0.1) is 0 Å². The van der Waals surface area contributed by atoms with E-state index >= 15 is 0 Å². The Morgan fingerprint density at radius 1 is 1.30 bits per heavy atom. The van der Waals surface area contributed by atoms with Gasteiger partial charge in [-0.05, 0) is 44.0 Å². The van der Waals surface area contributed by atoms with Gasteiger partial charge in [-0.3, -0.25) is 9.10 Å². The van der Waals surface area contributed by atoms with Gasteiger partial charge in [-0.2, -0.15) is 0 Å². The highest BCUT2D eigenvalue weighted by atomic mass is 32.2. The molecule has 1 aromatic carbocycles. The van der Waals surface area contributed by atoms with Crippen LogP contribution in [-0.4, -0.2) is 32.2 Å². The lowest BCUT2D eigenvalue weighted by Gasteiger charge is -2.18. The van der Waals surface area contributed by atoms with Crippen LogP contribution in [0.5, 0.6) is 0 Å². The smallest absolute Gasteiger partial charge is 0.234 e. The molecular formula is C16H18N2O4S. The molecule has 0 N–H and O–H groups in total. The lowest BCUT2D eigenvalue weighted by atomic mass is 10.0. The maximum absolute atomic E-state index is 12.6. The van der Waals surface area contributed by atoms with E-state index in [0.29, 0.717) is 28.5 Å². The van der Waals surface area contributed by atoms with Crippen molar-refractivity contribution in [1.29, 1.82) is 0 Å². The maximum atomic E-state index is 12.6. The Morgan fingerprint density at radius 2 is 1.96 bits per heavy atom. The molecule has 0 radical (unpaired) electrons. The van der Waals surface area contributed by atoms with Crippen molar-refractivity contribution in [3.63, 3.8) is 0 Å². The quantitative estimate of drug-likeness (QED) is 0.759. The molecule has 0 saturated heterocycles. The predicted octanol–water partition coefficient (Wildman–Crippen LogP) is 2.57. The number of carbonyl (C=O) groups excluding carboxylic acids is 1. The third-order valence-corrected chi connectivity index (χ3v) is 5.84. The standard InChI is InChI=1S/C16H18N2O4S/c1-3-23(20,21)18(2)13-8-6-11(7-9-13)15(19)14-10-17-22-16(14)12-4-5-12/h6-10,12H,3-5H2,1-2H3. The SMILES string of the molecule is CCS(=O)(=O)N(C)c1ccc(C(=O)c2cnoc2C2CC2)cc1. The zero-order valence-electron chi connectivity index (χ0n) is 13.0. The van der Waals surface area contributed by atoms with Gasteiger partial charge in [0, 0.05) is 18.5 Å². The van der Waals surface area contributed by atoms with Crippen LogP contribution in [0.1, 0.15) is 47.4 Å². The first kappa shape index (κ1) is 15.7. The Balaban J connectivity index is 1.84. The minimum atomic E-state index is -3.31. The summed E-state index contributed by atoms with van der Waals surface area (Å²) in [7, 11) is -1.81. The van der Waals surface area contributed by atoms with Crippen LogP contribution < -0.4 is 4.31 Å². The van der Waals surface area contributed by atoms with Crippen LogP contribution >= 0.6 is 0 Å². The molecule has 1 heterocycles. The second-order valence-corrected chi connectivity index (χ2v) is 7.91. The molecule has 0 amide bonds. The Morgan fingerprint density at radius 3 is 2.52 bits per heavy atom. The van der Waals surface area contributed by atoms with E-state index in [-0.39, 0.29) is 11.5 Å². The van der Waals surface area contributed by atoms with E-state index in [0.717, 1.165) is 12.8 Å². The highest BCUT2D eigenvalue weighted by Gasteiger charge is 2.32. The first-order chi connectivity index (χ1) is 10.9. The van der Waals surface area contributed by atoms with Crippen LogP contribution in [-0.2, 0) is 10.0 Å². The van der Waals surface area contributed by atoms with Gasteiger partial charge in [0.05, 0.1) is 23.2 Å². The molecule has 0 aliphatic heterocycles. The molecule has 0 bridgehead atoms. The van der Waals surface area contributed by atoms with Gasteiger partial charge in [0.1, 0.15) is 0 Å². The van der Waals surface area contributed by atoms with Gasteiger partial charge in [-0.25, -0.2) is 8.42 Å². The summed E-state index contributed by atoms with van der Waals surface area (Å²) >= 11 is 0. The van der Waals surface area contributed by atoms with Crippen molar-refractivity contribution in [3.05, 3.63) is 47.3 Å². The number of carbonyl (C=O) groups is 1. The van der Waals surface area contributed by atoms with E-state index in [4.69, 9.17) is 4.52 Å². The van der Waals surface area contributed by atoms with Gasteiger partial charge in [0.25, 0.3) is 0 Å². The fourth-order valence-electron chi connectivity index (χ4n) is 2.39. The number of rotatable bonds is 6. The predicted molar refractivity (Wildman–Crippen MR) is 86.2 cm³/mol. The monoisotopic (exact) mass is 334 g/mol. The van der Waals surface area contributed by atoms with Crippen molar-refractivity contribution in [2.45, 2.75) is 25.7 Å². The van der Waals surface area contributed by atoms with E-state index in [1.165, 1.54) is 17.5 Å². The average molecular weight is 334 g/mol. The molecule has 2 aromatic rings. The maximum Gasteiger partial charge on any atom is 0.234 e. The minimum Gasteiger partial charge on any atom is -0.360 e. The summed E-state index contributed by atoms with van der Waals surface area (Å²) in [6, 6.07) is 6.52. The molecule has 3 rings (SSSR count). The third kappa shape index (κ3) is 3.01. The third-order valence-electron chi connectivity index (χ3n) is 4.07. The Kier molecular flexibility index (Phi) is 3.97. The van der Waals surface area contributed by atoms with E-state index in [9.17, 15) is 13.2 Å². The highest BCUT2D eigenvalue weighted by molar-refractivity contribution is 7.92. The van der Waals surface area contributed by atoms with Gasteiger partial charge in [-0.15, -0.1) is 0 Å². The molecular weight excluding hydrogens is 316 g/mol. The lowest BCUT2D eigenvalue weighted by molar-refractivity contribution is 0.103. The fourth-order valence-corrected chi connectivity index (χ4v) is 3.22. The van der Waals surface area contributed by atoms with Crippen LogP contribution in [0.15, 0.2) is 35.0 Å². The normalized spacial score (nSPS) is 14.7. The van der Waals surface area contributed by atoms with E-state index in [1.807, 2.05) is 0 Å². The number of benzene rings is 1. The molecule has 23 heavy (non-hydrogen) atoms. The zero-order chi connectivity index (χ0) is 16.6. The van der Waals surface area contributed by atoms with Crippen molar-refractivity contribution in [3.8, 4) is 0 Å². The number of hydrogen-bond donors (Lipinski definition) is 0. The molecule has 7 heteroatoms. The Hall–Kier alpha value is -2.15. The van der Waals surface area contributed by atoms with E-state index < -0.39 is 10.0 Å². The average Bonchev–Trinajstić information content (AvgIpc) is 3.30. The molecule has 0 atom stereocenters. The summed E-state index contributed by atoms with van der Waals surface area (Å²) in [4.78, 5) is 12.6. The van der Waals surface area contributed by atoms with Crippen molar-refractivity contribution in [2.24, 2.45) is 0 Å². The number of hydrogen-bond acceptors (Lipinski definition) is 5. The zero-order valence-corrected chi connectivity index (χ0v) is 13.8. The molecule has 1 aromatic heterocycles. The second kappa shape index (κ2) is 5.81. The molecule has 1 saturated carbocycles. The highest BCUT2D eigenvalue weighted by Crippen LogP contribution is 2.42. The van der Waals surface area contributed by atoms with Crippen LogP contribution in [0.4, 0.5) is 5.69 Å². The van der Waals surface area contributed by atoms with E-state index in [2.05, 4.69) is 5.16 Å². The van der Waals surface area contributed by atoms with Gasteiger partial charge < -0.3 is 4.52 Å². The summed E-state index contributed by atoms with van der Waals surface area (Å²) in [5.74, 6) is 0.831. The van der Waals surface area contributed by atoms with Gasteiger partial charge in [0.15, 0.2) is 11.5 Å². The van der Waals surface area contributed by atoms with Crippen molar-refractivity contribution in [1.82, 2.24) is 5.16 Å². The minimum absolute atomic E-state index is 0.0234. The largest absolute Gasteiger partial charge is 0.360 e. The first-order valence-corrected chi connectivity index (χ1v) is 9.11. The second-order valence-electron chi connectivity index (χ2n) is 5.62. The molecule has 0 spiro atoms. The number of sulfonamides is 1. The summed E-state index contributed by atoms with van der Waals surface area (Å²) in [5.41, 5.74) is 1.51. The van der Waals surface area contributed by atoms with Crippen molar-refractivity contribution in [2.75, 3.05) is 17.1 Å². The summed E-state index contributed by atoms with van der Waals surface area (Å²) in [5, 5.41) is 3.74. The van der Waals surface area contributed by atoms with Gasteiger partial charge >= 0.3 is 0 Å². The van der Waals surface area contributed by atoms with Gasteiger partial charge in [0.2, 0.25) is 10.0 Å². The lowest BCUT2D eigenvalue weighted by Crippen LogP contribution is -2.27. The summed E-state index contributed by atoms with van der Waals surface area (Å²) < 4.78 is 30.2. The van der Waals surface area contributed by atoms with Crippen LogP contribution in [0.2, 0.25) is 0 Å². The van der Waals surface area contributed by atoms with Gasteiger partial charge in [-0.1, -0.05) is 5.16 Å². The summed E-state index contributed by atoms with van der Waals surface area (Å²) in [6.45, 7) is 1.59. The number of ketones is 1. The van der Waals surface area contributed by atoms with E-state index in [1.54, 1.807) is 31.2 Å². The number of nitrogens with zero attached hydrogens (tertiary/aromatic N) is 2. The van der Waals surface area contributed by atoms with Crippen molar-refractivity contribution >= 4 is 21.5 Å². The van der Waals surface area contributed by atoms with Crippen molar-refractivity contribution < 1.29 is 17.7 Å². The fraction of sp³-hybridized carbons (Fsp3) is 0.375. The number of aromatic nitrogens is 1. The van der Waals surface area contributed by atoms with Crippen LogP contribution in [0.3, 0.4) is 0 Å². The topological polar surface area (TPSA) is 80.5 Å². The molecule has 1 aliphatic carbocycles. The molecule has 0 unspecified atom stereocenters. The molecule has 122 valence electrons. The Labute approximate surface area is 135 Å². The first-order valence-electron chi connectivity index (χ1n) is 7.50. The number of anilines is 1. The molecule has 1 fully saturated rings. The summed E-state index contributed by atoms with van der Waals surface area (Å²) in [6.07, 6.45) is 3.50. The molecule has 1 aliphatic rings. The Bertz CT molecular complexity index is 820. The molecule has 6 nitrogen and oxygen atoms in total.